The van der Waals surface area contributed by atoms with Gasteiger partial charge in [-0.15, -0.1) is 11.3 Å². The van der Waals surface area contributed by atoms with Crippen molar-refractivity contribution in [1.29, 1.82) is 0 Å². The molecule has 0 atom stereocenters. The molecule has 4 heteroatoms. The van der Waals surface area contributed by atoms with E-state index >= 15 is 0 Å². The van der Waals surface area contributed by atoms with E-state index in [1.165, 1.54) is 12.8 Å². The summed E-state index contributed by atoms with van der Waals surface area (Å²) in [5.41, 5.74) is 0.712. The fourth-order valence-electron chi connectivity index (χ4n) is 1.57. The van der Waals surface area contributed by atoms with Gasteiger partial charge in [-0.05, 0) is 24.8 Å². The van der Waals surface area contributed by atoms with E-state index in [1.807, 2.05) is 4.40 Å². The van der Waals surface area contributed by atoms with Crippen molar-refractivity contribution in [3.63, 3.8) is 0 Å². The van der Waals surface area contributed by atoms with Gasteiger partial charge in [0.2, 0.25) is 0 Å². The van der Waals surface area contributed by atoms with E-state index in [-0.39, 0.29) is 0 Å². The standard InChI is InChI=1S/C11H10N2OS/c14-6-9-10(4-3-8-1-2-8)15-11-5-12-7-13(9)11/h3-8H,1-2H2. The highest BCUT2D eigenvalue weighted by molar-refractivity contribution is 7.18. The van der Waals surface area contributed by atoms with Gasteiger partial charge >= 0.3 is 0 Å². The molecule has 3 nitrogen and oxygen atoms in total. The van der Waals surface area contributed by atoms with Gasteiger partial charge in [0.25, 0.3) is 0 Å². The number of aromatic nitrogens is 2. The third kappa shape index (κ3) is 1.51. The molecule has 1 fully saturated rings. The number of thiazole rings is 1. The van der Waals surface area contributed by atoms with Crippen molar-refractivity contribution in [1.82, 2.24) is 9.38 Å². The Balaban J connectivity index is 2.07. The Morgan fingerprint density at radius 1 is 1.53 bits per heavy atom. The second-order valence-corrected chi connectivity index (χ2v) is 4.83. The number of hydrogen-bond donors (Lipinski definition) is 0. The number of carbonyl (C=O) groups is 1. The normalized spacial score (nSPS) is 16.5. The van der Waals surface area contributed by atoms with E-state index in [9.17, 15) is 4.79 Å². The van der Waals surface area contributed by atoms with Gasteiger partial charge in [0.15, 0.2) is 6.29 Å². The number of nitrogens with zero attached hydrogens (tertiary/aromatic N) is 2. The van der Waals surface area contributed by atoms with Crippen LogP contribution in [0.5, 0.6) is 0 Å². The number of carbonyl (C=O) groups excluding carboxylic acids is 1. The van der Waals surface area contributed by atoms with Crippen LogP contribution >= 0.6 is 11.3 Å². The van der Waals surface area contributed by atoms with Crippen molar-refractivity contribution < 1.29 is 4.79 Å². The van der Waals surface area contributed by atoms with Gasteiger partial charge in [-0.3, -0.25) is 9.20 Å². The summed E-state index contributed by atoms with van der Waals surface area (Å²) in [6.45, 7) is 0. The van der Waals surface area contributed by atoms with Crippen LogP contribution in [0.2, 0.25) is 0 Å². The molecule has 0 N–H and O–H groups in total. The molecular formula is C11H10N2OS. The fourth-order valence-corrected chi connectivity index (χ4v) is 2.55. The molecule has 0 aliphatic heterocycles. The van der Waals surface area contributed by atoms with Crippen LogP contribution in [0.1, 0.15) is 28.2 Å². The molecule has 15 heavy (non-hydrogen) atoms. The maximum Gasteiger partial charge on any atom is 0.168 e. The van der Waals surface area contributed by atoms with Crippen LogP contribution in [0.25, 0.3) is 10.9 Å². The minimum Gasteiger partial charge on any atom is -0.296 e. The Morgan fingerprint density at radius 3 is 3.13 bits per heavy atom. The minimum absolute atomic E-state index is 0.712. The molecule has 0 amide bonds. The summed E-state index contributed by atoms with van der Waals surface area (Å²) in [6.07, 6.45) is 11.2. The van der Waals surface area contributed by atoms with Crippen molar-refractivity contribution in [3.05, 3.63) is 29.2 Å². The predicted octanol–water partition coefficient (Wildman–Crippen LogP) is 2.63. The average molecular weight is 218 g/mol. The van der Waals surface area contributed by atoms with E-state index in [4.69, 9.17) is 0 Å². The smallest absolute Gasteiger partial charge is 0.168 e. The molecule has 76 valence electrons. The largest absolute Gasteiger partial charge is 0.296 e. The van der Waals surface area contributed by atoms with E-state index in [0.717, 1.165) is 21.9 Å². The molecule has 0 bridgehead atoms. The second-order valence-electron chi connectivity index (χ2n) is 3.77. The van der Waals surface area contributed by atoms with Crippen LogP contribution in [0, 0.1) is 5.92 Å². The average Bonchev–Trinajstić information content (AvgIpc) is 2.85. The molecular weight excluding hydrogens is 208 g/mol. The lowest BCUT2D eigenvalue weighted by molar-refractivity contribution is 0.111. The molecule has 2 aromatic heterocycles. The number of aldehydes is 1. The van der Waals surface area contributed by atoms with Crippen molar-refractivity contribution in [2.75, 3.05) is 0 Å². The molecule has 1 aliphatic rings. The fraction of sp³-hybridized carbons (Fsp3) is 0.273. The lowest BCUT2D eigenvalue weighted by Crippen LogP contribution is -1.88. The van der Waals surface area contributed by atoms with E-state index < -0.39 is 0 Å². The van der Waals surface area contributed by atoms with Crippen LogP contribution < -0.4 is 0 Å². The Morgan fingerprint density at radius 2 is 2.40 bits per heavy atom. The van der Waals surface area contributed by atoms with Gasteiger partial charge in [-0.1, -0.05) is 6.08 Å². The Hall–Kier alpha value is -1.42. The van der Waals surface area contributed by atoms with Gasteiger partial charge in [0, 0.05) is 0 Å². The lowest BCUT2D eigenvalue weighted by Gasteiger charge is -1.89. The van der Waals surface area contributed by atoms with Crippen molar-refractivity contribution in [2.45, 2.75) is 12.8 Å². The zero-order valence-electron chi connectivity index (χ0n) is 8.09. The number of hydrogen-bond acceptors (Lipinski definition) is 3. The highest BCUT2D eigenvalue weighted by Crippen LogP contribution is 2.32. The van der Waals surface area contributed by atoms with Crippen LogP contribution in [0.4, 0.5) is 0 Å². The first-order valence-electron chi connectivity index (χ1n) is 4.96. The molecule has 0 aromatic carbocycles. The molecule has 1 saturated carbocycles. The molecule has 2 aromatic rings. The highest BCUT2D eigenvalue weighted by Gasteiger charge is 2.18. The topological polar surface area (TPSA) is 34.4 Å². The third-order valence-electron chi connectivity index (χ3n) is 2.58. The summed E-state index contributed by atoms with van der Waals surface area (Å²) in [5.74, 6) is 0.740. The van der Waals surface area contributed by atoms with Gasteiger partial charge in [0.05, 0.1) is 11.1 Å². The van der Waals surface area contributed by atoms with Crippen molar-refractivity contribution >= 4 is 28.5 Å². The highest BCUT2D eigenvalue weighted by atomic mass is 32.1. The maximum atomic E-state index is 11.0. The molecule has 0 radical (unpaired) electrons. The summed E-state index contributed by atoms with van der Waals surface area (Å²) >= 11 is 1.61. The lowest BCUT2D eigenvalue weighted by atomic mass is 10.3. The van der Waals surface area contributed by atoms with Crippen LogP contribution in [0.15, 0.2) is 18.6 Å². The molecule has 0 unspecified atom stereocenters. The van der Waals surface area contributed by atoms with Gasteiger partial charge < -0.3 is 0 Å². The summed E-state index contributed by atoms with van der Waals surface area (Å²) in [7, 11) is 0. The first kappa shape index (κ1) is 8.85. The molecule has 1 aliphatic carbocycles. The zero-order valence-corrected chi connectivity index (χ0v) is 8.91. The quantitative estimate of drug-likeness (QED) is 0.742. The SMILES string of the molecule is O=Cc1c(C=CC2CC2)sc2cncn12. The zero-order chi connectivity index (χ0) is 10.3. The van der Waals surface area contributed by atoms with Crippen molar-refractivity contribution in [2.24, 2.45) is 5.92 Å². The number of fused-ring (bicyclic) bond motifs is 1. The summed E-state index contributed by atoms with van der Waals surface area (Å²) in [4.78, 5) is 17.1. The molecule has 0 spiro atoms. The van der Waals surface area contributed by atoms with Gasteiger partial charge in [-0.2, -0.15) is 0 Å². The minimum atomic E-state index is 0.712. The Bertz CT molecular complexity index is 534. The number of rotatable bonds is 3. The molecule has 2 heterocycles. The molecule has 3 rings (SSSR count). The summed E-state index contributed by atoms with van der Waals surface area (Å²) in [6, 6.07) is 0. The monoisotopic (exact) mass is 218 g/mol. The first-order chi connectivity index (χ1) is 7.38. The summed E-state index contributed by atoms with van der Waals surface area (Å²) < 4.78 is 1.84. The number of allylic oxidation sites excluding steroid dienone is 1. The van der Waals surface area contributed by atoms with E-state index in [2.05, 4.69) is 17.1 Å². The van der Waals surface area contributed by atoms with Crippen molar-refractivity contribution in [3.8, 4) is 0 Å². The Labute approximate surface area is 91.1 Å². The van der Waals surface area contributed by atoms with Crippen LogP contribution in [-0.4, -0.2) is 15.7 Å². The van der Waals surface area contributed by atoms with Crippen LogP contribution in [-0.2, 0) is 0 Å². The van der Waals surface area contributed by atoms with Crippen LogP contribution in [0.3, 0.4) is 0 Å². The number of imidazole rings is 1. The van der Waals surface area contributed by atoms with E-state index in [0.29, 0.717) is 5.69 Å². The maximum absolute atomic E-state index is 11.0. The third-order valence-corrected chi connectivity index (χ3v) is 3.66. The Kier molecular flexibility index (Phi) is 1.95. The summed E-state index contributed by atoms with van der Waals surface area (Å²) in [5, 5.41) is 0. The predicted molar refractivity (Wildman–Crippen MR) is 60.2 cm³/mol. The van der Waals surface area contributed by atoms with Gasteiger partial charge in [0.1, 0.15) is 16.9 Å². The van der Waals surface area contributed by atoms with Gasteiger partial charge in [-0.25, -0.2) is 4.98 Å². The first-order valence-corrected chi connectivity index (χ1v) is 5.78. The van der Waals surface area contributed by atoms with E-state index in [1.54, 1.807) is 23.9 Å². The second kappa shape index (κ2) is 3.31. The molecule has 0 saturated heterocycles.